The van der Waals surface area contributed by atoms with Crippen molar-refractivity contribution in [3.8, 4) is 11.5 Å². The fourth-order valence-corrected chi connectivity index (χ4v) is 3.56. The van der Waals surface area contributed by atoms with Crippen LogP contribution in [0.4, 0.5) is 5.69 Å². The SMILES string of the molecule is COc1cc(C(Nc2ccc(C(=N)N)cc2)C(=O)NC(C)(C)C(=O)OOC(C)=O)ccc1OCc1ccccc1. The zero-order valence-corrected chi connectivity index (χ0v) is 22.6. The van der Waals surface area contributed by atoms with Crippen LogP contribution in [0.25, 0.3) is 0 Å². The van der Waals surface area contributed by atoms with Crippen LogP contribution in [0, 0.1) is 5.41 Å². The highest BCUT2D eigenvalue weighted by molar-refractivity contribution is 5.95. The minimum absolute atomic E-state index is 0.0929. The summed E-state index contributed by atoms with van der Waals surface area (Å²) in [6, 6.07) is 20.3. The third-order valence-electron chi connectivity index (χ3n) is 5.71. The summed E-state index contributed by atoms with van der Waals surface area (Å²) in [6.07, 6.45) is 0. The Bertz CT molecular complexity index is 1360. The Morgan fingerprint density at radius 1 is 0.950 bits per heavy atom. The van der Waals surface area contributed by atoms with E-state index in [9.17, 15) is 14.4 Å². The number of amidine groups is 1. The predicted octanol–water partition coefficient (Wildman–Crippen LogP) is 3.63. The molecular weight excluding hydrogens is 516 g/mol. The molecule has 1 unspecified atom stereocenters. The van der Waals surface area contributed by atoms with Gasteiger partial charge in [0.15, 0.2) is 11.5 Å². The van der Waals surface area contributed by atoms with Crippen molar-refractivity contribution in [1.29, 1.82) is 5.41 Å². The summed E-state index contributed by atoms with van der Waals surface area (Å²) in [6.45, 7) is 4.23. The van der Waals surface area contributed by atoms with Gasteiger partial charge in [-0.3, -0.25) is 10.2 Å². The second-order valence-corrected chi connectivity index (χ2v) is 9.31. The van der Waals surface area contributed by atoms with Gasteiger partial charge < -0.3 is 25.8 Å². The standard InChI is InChI=1S/C29H32N4O7/c1-18(34)39-40-28(36)29(2,3)33-27(35)25(32-22-13-10-20(11-14-22)26(30)31)21-12-15-23(24(16-21)37-4)38-17-19-8-6-5-7-9-19/h5-16,25,32H,17H2,1-4H3,(H3,30,31)(H,33,35). The minimum Gasteiger partial charge on any atom is -0.493 e. The monoisotopic (exact) mass is 548 g/mol. The van der Waals surface area contributed by atoms with E-state index in [4.69, 9.17) is 20.6 Å². The summed E-state index contributed by atoms with van der Waals surface area (Å²) in [7, 11) is 1.49. The number of hydrogen-bond acceptors (Lipinski definition) is 9. The van der Waals surface area contributed by atoms with Gasteiger partial charge in [0.2, 0.25) is 5.91 Å². The Balaban J connectivity index is 1.89. The summed E-state index contributed by atoms with van der Waals surface area (Å²) in [5.74, 6) is -1.59. The first-order valence-electron chi connectivity index (χ1n) is 12.3. The molecule has 0 aliphatic carbocycles. The molecule has 3 aromatic carbocycles. The van der Waals surface area contributed by atoms with Gasteiger partial charge in [-0.05, 0) is 61.4 Å². The van der Waals surface area contributed by atoms with Gasteiger partial charge in [0, 0.05) is 18.2 Å². The van der Waals surface area contributed by atoms with Crippen molar-refractivity contribution < 1.29 is 33.6 Å². The van der Waals surface area contributed by atoms with E-state index in [2.05, 4.69) is 20.4 Å². The number of nitrogens with one attached hydrogen (secondary N) is 3. The van der Waals surface area contributed by atoms with E-state index in [-0.39, 0.29) is 5.84 Å². The van der Waals surface area contributed by atoms with Gasteiger partial charge in [0.25, 0.3) is 0 Å². The van der Waals surface area contributed by atoms with E-state index in [1.54, 1.807) is 42.5 Å². The van der Waals surface area contributed by atoms with Gasteiger partial charge >= 0.3 is 11.9 Å². The van der Waals surface area contributed by atoms with Gasteiger partial charge in [-0.2, -0.15) is 0 Å². The van der Waals surface area contributed by atoms with Gasteiger partial charge in [-0.15, -0.1) is 0 Å². The average Bonchev–Trinajstić information content (AvgIpc) is 2.93. The number of nitrogen functional groups attached to an aromatic ring is 1. The van der Waals surface area contributed by atoms with Crippen LogP contribution >= 0.6 is 0 Å². The predicted molar refractivity (Wildman–Crippen MR) is 148 cm³/mol. The fraction of sp³-hybridized carbons (Fsp3) is 0.241. The molecule has 0 aliphatic heterocycles. The molecule has 40 heavy (non-hydrogen) atoms. The largest absolute Gasteiger partial charge is 0.493 e. The maximum atomic E-state index is 13.6. The van der Waals surface area contributed by atoms with Gasteiger partial charge in [0.1, 0.15) is 24.0 Å². The quantitative estimate of drug-likeness (QED) is 0.121. The molecule has 1 amide bonds. The Kier molecular flexibility index (Phi) is 9.69. The molecule has 11 nitrogen and oxygen atoms in total. The van der Waals surface area contributed by atoms with Crippen LogP contribution < -0.4 is 25.8 Å². The van der Waals surface area contributed by atoms with Crippen molar-refractivity contribution in [2.24, 2.45) is 5.73 Å². The smallest absolute Gasteiger partial charge is 0.380 e. The van der Waals surface area contributed by atoms with Crippen molar-refractivity contribution in [1.82, 2.24) is 5.32 Å². The summed E-state index contributed by atoms with van der Waals surface area (Å²) in [5, 5.41) is 13.4. The van der Waals surface area contributed by atoms with Crippen LogP contribution in [0.3, 0.4) is 0 Å². The topological polar surface area (TPSA) is 162 Å². The lowest BCUT2D eigenvalue weighted by molar-refractivity contribution is -0.261. The van der Waals surface area contributed by atoms with E-state index in [0.717, 1.165) is 12.5 Å². The zero-order valence-electron chi connectivity index (χ0n) is 22.6. The number of benzene rings is 3. The molecule has 0 saturated heterocycles. The first-order valence-corrected chi connectivity index (χ1v) is 12.3. The lowest BCUT2D eigenvalue weighted by atomic mass is 10.0. The number of carbonyl (C=O) groups excluding carboxylic acids is 3. The molecule has 3 aromatic rings. The molecule has 0 aliphatic rings. The third-order valence-corrected chi connectivity index (χ3v) is 5.71. The molecule has 0 bridgehead atoms. The second-order valence-electron chi connectivity index (χ2n) is 9.31. The fourth-order valence-electron chi connectivity index (χ4n) is 3.56. The molecule has 0 aromatic heterocycles. The number of carbonyl (C=O) groups is 3. The van der Waals surface area contributed by atoms with Crippen LogP contribution in [-0.4, -0.2) is 36.3 Å². The molecule has 5 N–H and O–H groups in total. The Morgan fingerprint density at radius 2 is 1.62 bits per heavy atom. The van der Waals surface area contributed by atoms with Crippen molar-refractivity contribution in [3.05, 3.63) is 89.5 Å². The third kappa shape index (κ3) is 7.97. The minimum atomic E-state index is -1.55. The Labute approximate surface area is 232 Å². The van der Waals surface area contributed by atoms with Crippen LogP contribution in [-0.2, 0) is 30.8 Å². The first-order chi connectivity index (χ1) is 19.0. The highest BCUT2D eigenvalue weighted by Crippen LogP contribution is 2.32. The summed E-state index contributed by atoms with van der Waals surface area (Å²) in [5.41, 5.74) is 6.55. The normalized spacial score (nSPS) is 11.5. The number of amides is 1. The highest BCUT2D eigenvalue weighted by Gasteiger charge is 2.36. The van der Waals surface area contributed by atoms with E-state index in [0.29, 0.717) is 34.9 Å². The number of rotatable bonds is 11. The van der Waals surface area contributed by atoms with E-state index >= 15 is 0 Å². The van der Waals surface area contributed by atoms with Gasteiger partial charge in [0.05, 0.1) is 7.11 Å². The molecule has 0 saturated carbocycles. The lowest BCUT2D eigenvalue weighted by Crippen LogP contribution is -2.52. The molecule has 1 atom stereocenters. The lowest BCUT2D eigenvalue weighted by Gasteiger charge is -2.27. The van der Waals surface area contributed by atoms with Crippen molar-refractivity contribution in [3.63, 3.8) is 0 Å². The van der Waals surface area contributed by atoms with Gasteiger partial charge in [-0.1, -0.05) is 36.4 Å². The maximum absolute atomic E-state index is 13.6. The Morgan fingerprint density at radius 3 is 2.23 bits per heavy atom. The highest BCUT2D eigenvalue weighted by atomic mass is 17.2. The zero-order chi connectivity index (χ0) is 29.3. The average molecular weight is 549 g/mol. The van der Waals surface area contributed by atoms with Crippen LogP contribution in [0.1, 0.15) is 43.5 Å². The van der Waals surface area contributed by atoms with E-state index in [1.807, 2.05) is 30.3 Å². The summed E-state index contributed by atoms with van der Waals surface area (Å²) < 4.78 is 11.5. The first kappa shape index (κ1) is 29.5. The number of ether oxygens (including phenoxy) is 2. The molecule has 0 spiro atoms. The molecule has 11 heteroatoms. The maximum Gasteiger partial charge on any atom is 0.380 e. The Hall–Kier alpha value is -5.06. The summed E-state index contributed by atoms with van der Waals surface area (Å²) >= 11 is 0. The van der Waals surface area contributed by atoms with E-state index < -0.39 is 29.4 Å². The van der Waals surface area contributed by atoms with Crippen LogP contribution in [0.2, 0.25) is 0 Å². The van der Waals surface area contributed by atoms with Crippen LogP contribution in [0.5, 0.6) is 11.5 Å². The van der Waals surface area contributed by atoms with Crippen molar-refractivity contribution in [2.45, 2.75) is 39.0 Å². The number of anilines is 1. The molecule has 210 valence electrons. The molecule has 0 radical (unpaired) electrons. The molecule has 3 rings (SSSR count). The number of methoxy groups -OCH3 is 1. The van der Waals surface area contributed by atoms with Crippen molar-refractivity contribution >= 4 is 29.4 Å². The van der Waals surface area contributed by atoms with Crippen molar-refractivity contribution in [2.75, 3.05) is 12.4 Å². The number of nitrogens with two attached hydrogens (primary N) is 1. The second kappa shape index (κ2) is 13.1. The molecule has 0 heterocycles. The number of hydrogen-bond donors (Lipinski definition) is 4. The van der Waals surface area contributed by atoms with Gasteiger partial charge in [-0.25, -0.2) is 19.4 Å². The summed E-state index contributed by atoms with van der Waals surface area (Å²) in [4.78, 5) is 45.9. The van der Waals surface area contributed by atoms with Crippen LogP contribution in [0.15, 0.2) is 72.8 Å². The molecular formula is C29H32N4O7. The molecule has 0 fully saturated rings. The van der Waals surface area contributed by atoms with E-state index in [1.165, 1.54) is 21.0 Å².